The highest BCUT2D eigenvalue weighted by molar-refractivity contribution is 5.74. The molecule has 82 valence electrons. The molecule has 0 saturated heterocycles. The number of rotatable bonds is 3. The summed E-state index contributed by atoms with van der Waals surface area (Å²) < 4.78 is 4.52. The molecule has 0 bridgehead atoms. The summed E-state index contributed by atoms with van der Waals surface area (Å²) in [5, 5.41) is 18.3. The van der Waals surface area contributed by atoms with Crippen molar-refractivity contribution in [3.8, 4) is 11.5 Å². The van der Waals surface area contributed by atoms with Crippen molar-refractivity contribution in [1.29, 1.82) is 0 Å². The van der Waals surface area contributed by atoms with Gasteiger partial charge in [0.2, 0.25) is 0 Å². The molecule has 0 aliphatic carbocycles. The van der Waals surface area contributed by atoms with Crippen molar-refractivity contribution >= 4 is 5.97 Å². The van der Waals surface area contributed by atoms with Gasteiger partial charge < -0.3 is 20.7 Å². The van der Waals surface area contributed by atoms with Crippen LogP contribution in [0.1, 0.15) is 5.56 Å². The summed E-state index contributed by atoms with van der Waals surface area (Å²) in [5.74, 6) is -0.787. The Bertz CT molecular complexity index is 364. The highest BCUT2D eigenvalue weighted by Crippen LogP contribution is 2.25. The first-order valence-corrected chi connectivity index (χ1v) is 4.46. The molecule has 0 fully saturated rings. The first-order valence-electron chi connectivity index (χ1n) is 4.46. The van der Waals surface area contributed by atoms with E-state index in [-0.39, 0.29) is 11.5 Å². The van der Waals surface area contributed by atoms with E-state index in [0.29, 0.717) is 6.42 Å². The zero-order chi connectivity index (χ0) is 11.4. The largest absolute Gasteiger partial charge is 0.504 e. The number of methoxy groups -OCH3 is 1. The van der Waals surface area contributed by atoms with Gasteiger partial charge in [0.05, 0.1) is 7.11 Å². The van der Waals surface area contributed by atoms with E-state index in [0.717, 1.165) is 5.56 Å². The number of phenols is 2. The Morgan fingerprint density at radius 1 is 1.47 bits per heavy atom. The number of hydrogen-bond donors (Lipinski definition) is 3. The van der Waals surface area contributed by atoms with Crippen LogP contribution in [0, 0.1) is 0 Å². The van der Waals surface area contributed by atoms with E-state index in [9.17, 15) is 9.90 Å². The lowest BCUT2D eigenvalue weighted by Crippen LogP contribution is -2.66. The van der Waals surface area contributed by atoms with E-state index in [1.165, 1.54) is 19.2 Å². The van der Waals surface area contributed by atoms with E-state index in [1.54, 1.807) is 6.07 Å². The van der Waals surface area contributed by atoms with Crippen LogP contribution in [0.15, 0.2) is 18.2 Å². The SMILES string of the molecule is COC(=O)C([NH3+])Cc1ccc(O)c(O)c1. The van der Waals surface area contributed by atoms with Gasteiger partial charge in [0, 0.05) is 6.42 Å². The topological polar surface area (TPSA) is 94.4 Å². The lowest BCUT2D eigenvalue weighted by molar-refractivity contribution is -0.407. The lowest BCUT2D eigenvalue weighted by Gasteiger charge is -2.07. The third-order valence-electron chi connectivity index (χ3n) is 2.06. The molecule has 1 aromatic carbocycles. The smallest absolute Gasteiger partial charge is 0.364 e. The maximum atomic E-state index is 11.1. The Hall–Kier alpha value is -1.75. The summed E-state index contributed by atoms with van der Waals surface area (Å²) >= 11 is 0. The number of quaternary nitrogens is 1. The second kappa shape index (κ2) is 4.65. The molecular weight excluding hydrogens is 198 g/mol. The minimum atomic E-state index is -0.515. The first kappa shape index (κ1) is 11.3. The van der Waals surface area contributed by atoms with E-state index < -0.39 is 12.0 Å². The number of aromatic hydroxyl groups is 2. The molecule has 1 aromatic rings. The van der Waals surface area contributed by atoms with Crippen LogP contribution in [0.2, 0.25) is 0 Å². The molecule has 0 aromatic heterocycles. The van der Waals surface area contributed by atoms with Crippen molar-refractivity contribution in [3.63, 3.8) is 0 Å². The highest BCUT2D eigenvalue weighted by atomic mass is 16.5. The second-order valence-electron chi connectivity index (χ2n) is 3.25. The van der Waals surface area contributed by atoms with Gasteiger partial charge in [-0.3, -0.25) is 0 Å². The Balaban J connectivity index is 2.73. The van der Waals surface area contributed by atoms with Crippen LogP contribution in [0.25, 0.3) is 0 Å². The third kappa shape index (κ3) is 2.85. The summed E-state index contributed by atoms with van der Waals surface area (Å²) in [4.78, 5) is 11.1. The highest BCUT2D eigenvalue weighted by Gasteiger charge is 2.18. The van der Waals surface area contributed by atoms with Gasteiger partial charge in [0.1, 0.15) is 0 Å². The van der Waals surface area contributed by atoms with Gasteiger partial charge in [-0.25, -0.2) is 4.79 Å². The molecule has 5 N–H and O–H groups in total. The van der Waals surface area contributed by atoms with Gasteiger partial charge in [-0.15, -0.1) is 0 Å². The zero-order valence-corrected chi connectivity index (χ0v) is 8.43. The van der Waals surface area contributed by atoms with Crippen molar-refractivity contribution in [3.05, 3.63) is 23.8 Å². The van der Waals surface area contributed by atoms with Crippen molar-refractivity contribution in [1.82, 2.24) is 0 Å². The molecule has 0 amide bonds. The third-order valence-corrected chi connectivity index (χ3v) is 2.06. The maximum absolute atomic E-state index is 11.1. The van der Waals surface area contributed by atoms with E-state index in [1.807, 2.05) is 0 Å². The minimum Gasteiger partial charge on any atom is -0.504 e. The van der Waals surface area contributed by atoms with Crippen molar-refractivity contribution in [2.75, 3.05) is 7.11 Å². The molecule has 0 aliphatic rings. The summed E-state index contributed by atoms with van der Waals surface area (Å²) in [6.45, 7) is 0. The van der Waals surface area contributed by atoms with Gasteiger partial charge in [0.25, 0.3) is 0 Å². The fourth-order valence-electron chi connectivity index (χ4n) is 1.23. The Labute approximate surface area is 87.1 Å². The predicted octanol–water partition coefficient (Wildman–Crippen LogP) is -0.576. The fourth-order valence-corrected chi connectivity index (χ4v) is 1.23. The molecule has 1 unspecified atom stereocenters. The number of benzene rings is 1. The van der Waals surface area contributed by atoms with Gasteiger partial charge in [0.15, 0.2) is 17.5 Å². The van der Waals surface area contributed by atoms with Crippen LogP contribution >= 0.6 is 0 Å². The molecule has 0 heterocycles. The van der Waals surface area contributed by atoms with Gasteiger partial charge in [-0.1, -0.05) is 6.07 Å². The second-order valence-corrected chi connectivity index (χ2v) is 3.25. The zero-order valence-electron chi connectivity index (χ0n) is 8.43. The van der Waals surface area contributed by atoms with Crippen LogP contribution < -0.4 is 5.73 Å². The van der Waals surface area contributed by atoms with E-state index in [4.69, 9.17) is 5.11 Å². The standard InChI is InChI=1S/C10H13NO4/c1-15-10(14)7(11)4-6-2-3-8(12)9(13)5-6/h2-3,5,7,12-13H,4,11H2,1H3/p+1. The molecule has 1 rings (SSSR count). The van der Waals surface area contributed by atoms with E-state index >= 15 is 0 Å². The Morgan fingerprint density at radius 3 is 2.67 bits per heavy atom. The monoisotopic (exact) mass is 212 g/mol. The molecule has 0 radical (unpaired) electrons. The maximum Gasteiger partial charge on any atom is 0.364 e. The van der Waals surface area contributed by atoms with Crippen LogP contribution in [0.5, 0.6) is 11.5 Å². The average Bonchev–Trinajstić information content (AvgIpc) is 2.22. The van der Waals surface area contributed by atoms with E-state index in [2.05, 4.69) is 10.5 Å². The minimum absolute atomic E-state index is 0.183. The number of ether oxygens (including phenoxy) is 1. The van der Waals surface area contributed by atoms with Crippen LogP contribution in [0.3, 0.4) is 0 Å². The normalized spacial score (nSPS) is 12.1. The molecule has 15 heavy (non-hydrogen) atoms. The number of carbonyl (C=O) groups excluding carboxylic acids is 1. The summed E-state index contributed by atoms with van der Waals surface area (Å²) in [6, 6.07) is 3.88. The molecule has 5 nitrogen and oxygen atoms in total. The van der Waals surface area contributed by atoms with Crippen LogP contribution in [-0.2, 0) is 16.0 Å². The molecular formula is C10H14NO4+. The number of phenolic OH excluding ortho intramolecular Hbond substituents is 2. The lowest BCUT2D eigenvalue weighted by atomic mass is 10.1. The van der Waals surface area contributed by atoms with Crippen molar-refractivity contribution < 1.29 is 25.5 Å². The molecule has 1 atom stereocenters. The van der Waals surface area contributed by atoms with Crippen LogP contribution in [0.4, 0.5) is 0 Å². The first-order chi connectivity index (χ1) is 7.04. The van der Waals surface area contributed by atoms with Crippen molar-refractivity contribution in [2.24, 2.45) is 0 Å². The molecule has 0 saturated carbocycles. The summed E-state index contributed by atoms with van der Waals surface area (Å²) in [5.41, 5.74) is 4.36. The average molecular weight is 212 g/mol. The predicted molar refractivity (Wildman–Crippen MR) is 52.2 cm³/mol. The Morgan fingerprint density at radius 2 is 2.13 bits per heavy atom. The number of carbonyl (C=O) groups is 1. The van der Waals surface area contributed by atoms with Gasteiger partial charge in [-0.05, 0) is 17.7 Å². The quantitative estimate of drug-likeness (QED) is 0.461. The molecule has 0 spiro atoms. The van der Waals surface area contributed by atoms with Gasteiger partial charge in [-0.2, -0.15) is 0 Å². The summed E-state index contributed by atoms with van der Waals surface area (Å²) in [7, 11) is 1.30. The molecule has 0 aliphatic heterocycles. The Kier molecular flexibility index (Phi) is 3.51. The van der Waals surface area contributed by atoms with Gasteiger partial charge >= 0.3 is 5.97 Å². The molecule has 5 heteroatoms. The van der Waals surface area contributed by atoms with Crippen LogP contribution in [-0.4, -0.2) is 29.3 Å². The number of esters is 1. The summed E-state index contributed by atoms with van der Waals surface area (Å²) in [6.07, 6.45) is 0.362. The van der Waals surface area contributed by atoms with Crippen molar-refractivity contribution in [2.45, 2.75) is 12.5 Å². The number of hydrogen-bond acceptors (Lipinski definition) is 4. The fraction of sp³-hybridized carbons (Fsp3) is 0.300.